The summed E-state index contributed by atoms with van der Waals surface area (Å²) in [5.74, 6) is -0.556. The summed E-state index contributed by atoms with van der Waals surface area (Å²) >= 11 is 5.75. The number of nitrogens with zero attached hydrogens (tertiary/aromatic N) is 3. The number of hydrogen-bond donors (Lipinski definition) is 0. The first-order valence-electron chi connectivity index (χ1n) is 7.41. The molecule has 0 fully saturated rings. The summed E-state index contributed by atoms with van der Waals surface area (Å²) in [6.07, 6.45) is 1.68. The van der Waals surface area contributed by atoms with E-state index < -0.39 is 5.41 Å². The van der Waals surface area contributed by atoms with Gasteiger partial charge < -0.3 is 4.90 Å². The molecule has 2 aromatic rings. The van der Waals surface area contributed by atoms with Gasteiger partial charge in [0.25, 0.3) is 0 Å². The van der Waals surface area contributed by atoms with Gasteiger partial charge in [-0.2, -0.15) is 5.10 Å². The molecule has 0 bridgehead atoms. The lowest BCUT2D eigenvalue weighted by atomic mass is 9.83. The molecule has 1 heterocycles. The highest BCUT2D eigenvalue weighted by Crippen LogP contribution is 2.27. The average molecular weight is 338 g/mol. The zero-order chi connectivity index (χ0) is 17.0. The molecular formula is C17H21ClFN3O. The Bertz CT molecular complexity index is 684. The van der Waals surface area contributed by atoms with Crippen molar-refractivity contribution in [3.8, 4) is 0 Å². The third-order valence-electron chi connectivity index (χ3n) is 3.93. The Morgan fingerprint density at radius 2 is 2.04 bits per heavy atom. The first kappa shape index (κ1) is 17.5. The minimum atomic E-state index is -0.536. The third kappa shape index (κ3) is 4.10. The topological polar surface area (TPSA) is 38.1 Å². The number of rotatable bonds is 6. The average Bonchev–Trinajstić information content (AvgIpc) is 2.91. The lowest BCUT2D eigenvalue weighted by Crippen LogP contribution is -2.41. The van der Waals surface area contributed by atoms with Gasteiger partial charge in [-0.1, -0.05) is 32.0 Å². The molecule has 0 saturated heterocycles. The lowest BCUT2D eigenvalue weighted by Gasteiger charge is -2.33. The maximum atomic E-state index is 14.1. The number of carbonyl (C=O) groups excluding carboxylic acids is 1. The maximum absolute atomic E-state index is 14.1. The molecule has 4 nitrogen and oxygen atoms in total. The fourth-order valence-electron chi connectivity index (χ4n) is 2.64. The van der Waals surface area contributed by atoms with Gasteiger partial charge in [0.15, 0.2) is 0 Å². The van der Waals surface area contributed by atoms with E-state index in [9.17, 15) is 9.18 Å². The molecule has 0 N–H and O–H groups in total. The van der Waals surface area contributed by atoms with Crippen molar-refractivity contribution in [2.75, 3.05) is 12.4 Å². The van der Waals surface area contributed by atoms with Crippen molar-refractivity contribution in [1.29, 1.82) is 0 Å². The van der Waals surface area contributed by atoms with Crippen molar-refractivity contribution < 1.29 is 9.18 Å². The van der Waals surface area contributed by atoms with Crippen LogP contribution in [0.15, 0.2) is 36.5 Å². The van der Waals surface area contributed by atoms with Crippen LogP contribution < -0.4 is 0 Å². The number of benzene rings is 1. The second-order valence-corrected chi connectivity index (χ2v) is 6.46. The smallest absolute Gasteiger partial charge is 0.237 e. The molecule has 2 rings (SSSR count). The summed E-state index contributed by atoms with van der Waals surface area (Å²) < 4.78 is 15.8. The SMILES string of the molecule is Cn1nccc1CN(CC(C)(C)c1ccccc1F)C(=O)CCl. The van der Waals surface area contributed by atoms with Gasteiger partial charge in [0.2, 0.25) is 5.91 Å². The minimum Gasteiger partial charge on any atom is -0.335 e. The Balaban J connectivity index is 2.25. The molecule has 1 amide bonds. The van der Waals surface area contributed by atoms with E-state index in [1.54, 1.807) is 34.0 Å². The van der Waals surface area contributed by atoms with E-state index in [1.165, 1.54) is 6.07 Å². The van der Waals surface area contributed by atoms with E-state index in [1.807, 2.05) is 27.0 Å². The van der Waals surface area contributed by atoms with Crippen LogP contribution in [0.3, 0.4) is 0 Å². The first-order chi connectivity index (χ1) is 10.8. The zero-order valence-corrected chi connectivity index (χ0v) is 14.3. The van der Waals surface area contributed by atoms with Crippen LogP contribution in [0.2, 0.25) is 0 Å². The van der Waals surface area contributed by atoms with Crippen molar-refractivity contribution >= 4 is 17.5 Å². The number of alkyl halides is 1. The van der Waals surface area contributed by atoms with E-state index >= 15 is 0 Å². The van der Waals surface area contributed by atoms with Gasteiger partial charge in [0.1, 0.15) is 11.7 Å². The Labute approximate surface area is 140 Å². The molecule has 6 heteroatoms. The largest absolute Gasteiger partial charge is 0.335 e. The van der Waals surface area contributed by atoms with Gasteiger partial charge >= 0.3 is 0 Å². The first-order valence-corrected chi connectivity index (χ1v) is 7.94. The van der Waals surface area contributed by atoms with Crippen LogP contribution in [0, 0.1) is 5.82 Å². The van der Waals surface area contributed by atoms with Crippen LogP contribution in [0.4, 0.5) is 4.39 Å². The molecule has 0 spiro atoms. The molecule has 0 atom stereocenters. The molecule has 0 aliphatic rings. The van der Waals surface area contributed by atoms with Crippen LogP contribution in [0.25, 0.3) is 0 Å². The molecule has 0 unspecified atom stereocenters. The normalized spacial score (nSPS) is 11.5. The van der Waals surface area contributed by atoms with Crippen LogP contribution in [-0.4, -0.2) is 33.0 Å². The lowest BCUT2D eigenvalue weighted by molar-refractivity contribution is -0.130. The summed E-state index contributed by atoms with van der Waals surface area (Å²) in [7, 11) is 1.82. The number of amides is 1. The van der Waals surface area contributed by atoms with Crippen molar-refractivity contribution in [3.05, 3.63) is 53.6 Å². The van der Waals surface area contributed by atoms with Gasteiger partial charge in [-0.25, -0.2) is 4.39 Å². The van der Waals surface area contributed by atoms with Gasteiger partial charge in [-0.3, -0.25) is 9.48 Å². The van der Waals surface area contributed by atoms with E-state index in [-0.39, 0.29) is 17.6 Å². The highest BCUT2D eigenvalue weighted by molar-refractivity contribution is 6.27. The number of halogens is 2. The van der Waals surface area contributed by atoms with Crippen molar-refractivity contribution in [1.82, 2.24) is 14.7 Å². The Kier molecular flexibility index (Phi) is 5.42. The second kappa shape index (κ2) is 7.13. The number of hydrogen-bond acceptors (Lipinski definition) is 2. The van der Waals surface area contributed by atoms with Gasteiger partial charge in [-0.15, -0.1) is 11.6 Å². The summed E-state index contributed by atoms with van der Waals surface area (Å²) in [6, 6.07) is 8.50. The van der Waals surface area contributed by atoms with Crippen LogP contribution in [-0.2, 0) is 23.8 Å². The van der Waals surface area contributed by atoms with Gasteiger partial charge in [0, 0.05) is 25.2 Å². The Morgan fingerprint density at radius 3 is 2.61 bits per heavy atom. The van der Waals surface area contributed by atoms with Crippen LogP contribution in [0.1, 0.15) is 25.1 Å². The van der Waals surface area contributed by atoms with Gasteiger partial charge in [-0.05, 0) is 17.7 Å². The Morgan fingerprint density at radius 1 is 1.35 bits per heavy atom. The van der Waals surface area contributed by atoms with E-state index in [0.29, 0.717) is 18.7 Å². The van der Waals surface area contributed by atoms with Crippen LogP contribution in [0.5, 0.6) is 0 Å². The van der Waals surface area contributed by atoms with E-state index in [0.717, 1.165) is 5.69 Å². The van der Waals surface area contributed by atoms with E-state index in [4.69, 9.17) is 11.6 Å². The molecule has 1 aromatic carbocycles. The van der Waals surface area contributed by atoms with Crippen molar-refractivity contribution in [2.24, 2.45) is 7.05 Å². The summed E-state index contributed by atoms with van der Waals surface area (Å²) in [5, 5.41) is 4.11. The monoisotopic (exact) mass is 337 g/mol. The maximum Gasteiger partial charge on any atom is 0.237 e. The minimum absolute atomic E-state index is 0.106. The number of aryl methyl sites for hydroxylation is 1. The second-order valence-electron chi connectivity index (χ2n) is 6.19. The quantitative estimate of drug-likeness (QED) is 0.760. The third-order valence-corrected chi connectivity index (χ3v) is 4.16. The highest BCUT2D eigenvalue weighted by atomic mass is 35.5. The molecular weight excluding hydrogens is 317 g/mol. The number of carbonyl (C=O) groups is 1. The van der Waals surface area contributed by atoms with E-state index in [2.05, 4.69) is 5.10 Å². The number of aromatic nitrogens is 2. The summed E-state index contributed by atoms with van der Waals surface area (Å²) in [4.78, 5) is 13.9. The van der Waals surface area contributed by atoms with Crippen LogP contribution >= 0.6 is 11.6 Å². The van der Waals surface area contributed by atoms with Crippen molar-refractivity contribution in [3.63, 3.8) is 0 Å². The molecule has 23 heavy (non-hydrogen) atoms. The highest BCUT2D eigenvalue weighted by Gasteiger charge is 2.29. The zero-order valence-electron chi connectivity index (χ0n) is 13.6. The molecule has 0 aliphatic carbocycles. The predicted octanol–water partition coefficient (Wildman–Crippen LogP) is 3.10. The molecule has 124 valence electrons. The summed E-state index contributed by atoms with van der Waals surface area (Å²) in [6.45, 7) is 4.59. The molecule has 0 saturated carbocycles. The fourth-order valence-corrected chi connectivity index (χ4v) is 2.81. The predicted molar refractivity (Wildman–Crippen MR) is 88.8 cm³/mol. The molecule has 0 radical (unpaired) electrons. The standard InChI is InChI=1S/C17H21ClFN3O/c1-17(2,14-6-4-5-7-15(14)19)12-22(16(23)10-18)11-13-8-9-20-21(13)3/h4-9H,10-12H2,1-3H3. The molecule has 0 aliphatic heterocycles. The summed E-state index contributed by atoms with van der Waals surface area (Å²) in [5.41, 5.74) is 0.941. The van der Waals surface area contributed by atoms with Gasteiger partial charge in [0.05, 0.1) is 12.2 Å². The fraction of sp³-hybridized carbons (Fsp3) is 0.412. The molecule has 1 aromatic heterocycles. The van der Waals surface area contributed by atoms with Crippen molar-refractivity contribution in [2.45, 2.75) is 25.8 Å². The Hall–Kier alpha value is -1.88.